The summed E-state index contributed by atoms with van der Waals surface area (Å²) in [6, 6.07) is 7.95. The van der Waals surface area contributed by atoms with Gasteiger partial charge in [0.05, 0.1) is 12.5 Å². The molecule has 6 heteroatoms. The Morgan fingerprint density at radius 1 is 1.30 bits per heavy atom. The van der Waals surface area contributed by atoms with Crippen LogP contribution in [0.1, 0.15) is 35.6 Å². The molecule has 1 amide bonds. The molecule has 0 fully saturated rings. The molecule has 0 bridgehead atoms. The van der Waals surface area contributed by atoms with E-state index in [2.05, 4.69) is 15.3 Å². The molecule has 0 saturated heterocycles. The van der Waals surface area contributed by atoms with E-state index >= 15 is 0 Å². The highest BCUT2D eigenvalue weighted by Gasteiger charge is 2.14. The number of nitrogens with one attached hydrogen (secondary N) is 2. The fourth-order valence-electron chi connectivity index (χ4n) is 2.39. The van der Waals surface area contributed by atoms with Gasteiger partial charge in [0, 0.05) is 16.2 Å². The Kier molecular flexibility index (Phi) is 5.60. The zero-order valence-corrected chi connectivity index (χ0v) is 14.6. The zero-order chi connectivity index (χ0) is 17.0. The third-order valence-electron chi connectivity index (χ3n) is 3.67. The van der Waals surface area contributed by atoms with Gasteiger partial charge in [-0.3, -0.25) is 9.59 Å². The lowest BCUT2D eigenvalue weighted by Gasteiger charge is -2.15. The summed E-state index contributed by atoms with van der Waals surface area (Å²) in [5.74, 6) is 0.365. The third kappa shape index (κ3) is 4.45. The summed E-state index contributed by atoms with van der Waals surface area (Å²) in [5.41, 5.74) is 1.79. The van der Waals surface area contributed by atoms with E-state index in [1.807, 2.05) is 37.4 Å². The maximum atomic E-state index is 12.2. The standard InChI is InChI=1S/C17H21N3O2S/c1-10(13-5-7-14(23-4)8-6-13)19-16(21)9-15-11(2)18-12(3)20-17(15)22/h5-8,10H,9H2,1-4H3,(H,19,21)(H,18,20,22)/t10-/m1/s1. The lowest BCUT2D eigenvalue weighted by molar-refractivity contribution is -0.121. The summed E-state index contributed by atoms with van der Waals surface area (Å²) < 4.78 is 0. The number of hydrogen-bond acceptors (Lipinski definition) is 4. The van der Waals surface area contributed by atoms with Crippen LogP contribution in [0.25, 0.3) is 0 Å². The Hall–Kier alpha value is -2.08. The predicted molar refractivity (Wildman–Crippen MR) is 92.8 cm³/mol. The fourth-order valence-corrected chi connectivity index (χ4v) is 2.80. The average molecular weight is 331 g/mol. The van der Waals surface area contributed by atoms with Crippen molar-refractivity contribution in [3.8, 4) is 0 Å². The van der Waals surface area contributed by atoms with Crippen LogP contribution < -0.4 is 10.9 Å². The first-order valence-electron chi connectivity index (χ1n) is 7.40. The number of aromatic nitrogens is 2. The Balaban J connectivity index is 2.05. The van der Waals surface area contributed by atoms with Crippen LogP contribution in [0, 0.1) is 13.8 Å². The number of benzene rings is 1. The van der Waals surface area contributed by atoms with Gasteiger partial charge in [0.15, 0.2) is 0 Å². The third-order valence-corrected chi connectivity index (χ3v) is 4.41. The van der Waals surface area contributed by atoms with Gasteiger partial charge in [-0.2, -0.15) is 0 Å². The van der Waals surface area contributed by atoms with Gasteiger partial charge in [0.2, 0.25) is 5.91 Å². The molecular formula is C17H21N3O2S. The van der Waals surface area contributed by atoms with Gasteiger partial charge in [0.25, 0.3) is 5.56 Å². The smallest absolute Gasteiger partial charge is 0.254 e. The van der Waals surface area contributed by atoms with E-state index in [0.717, 1.165) is 5.56 Å². The molecule has 122 valence electrons. The number of carbonyl (C=O) groups excluding carboxylic acids is 1. The van der Waals surface area contributed by atoms with Crippen molar-refractivity contribution in [3.05, 3.63) is 57.3 Å². The van der Waals surface area contributed by atoms with E-state index in [4.69, 9.17) is 0 Å². The first-order valence-corrected chi connectivity index (χ1v) is 8.63. The van der Waals surface area contributed by atoms with Crippen LogP contribution >= 0.6 is 11.8 Å². The van der Waals surface area contributed by atoms with Crippen LogP contribution in [-0.4, -0.2) is 22.1 Å². The molecule has 0 saturated carbocycles. The topological polar surface area (TPSA) is 74.8 Å². The number of hydrogen-bond donors (Lipinski definition) is 2. The van der Waals surface area contributed by atoms with Crippen molar-refractivity contribution in [2.75, 3.05) is 6.26 Å². The maximum absolute atomic E-state index is 12.2. The molecule has 1 heterocycles. The highest BCUT2D eigenvalue weighted by molar-refractivity contribution is 7.98. The van der Waals surface area contributed by atoms with Gasteiger partial charge >= 0.3 is 0 Å². The van der Waals surface area contributed by atoms with Crippen molar-refractivity contribution in [1.29, 1.82) is 0 Å². The molecule has 23 heavy (non-hydrogen) atoms. The normalized spacial score (nSPS) is 12.0. The van der Waals surface area contributed by atoms with Gasteiger partial charge in [-0.25, -0.2) is 4.98 Å². The molecule has 5 nitrogen and oxygen atoms in total. The SMILES string of the molecule is CSc1ccc([C@@H](C)NC(=O)Cc2c(C)nc(C)[nH]c2=O)cc1. The summed E-state index contributed by atoms with van der Waals surface area (Å²) in [4.78, 5) is 32.2. The number of aromatic amines is 1. The number of rotatable bonds is 5. The summed E-state index contributed by atoms with van der Waals surface area (Å²) in [7, 11) is 0. The molecule has 2 rings (SSSR count). The number of thioether (sulfide) groups is 1. The minimum Gasteiger partial charge on any atom is -0.349 e. The maximum Gasteiger partial charge on any atom is 0.254 e. The van der Waals surface area contributed by atoms with Crippen LogP contribution in [0.5, 0.6) is 0 Å². The van der Waals surface area contributed by atoms with Crippen molar-refractivity contribution in [1.82, 2.24) is 15.3 Å². The molecule has 0 spiro atoms. The lowest BCUT2D eigenvalue weighted by atomic mass is 10.1. The van der Waals surface area contributed by atoms with Crippen LogP contribution in [-0.2, 0) is 11.2 Å². The Morgan fingerprint density at radius 3 is 2.52 bits per heavy atom. The molecule has 0 aliphatic carbocycles. The molecule has 1 atom stereocenters. The van der Waals surface area contributed by atoms with E-state index in [-0.39, 0.29) is 23.9 Å². The zero-order valence-electron chi connectivity index (χ0n) is 13.8. The average Bonchev–Trinajstić information content (AvgIpc) is 2.51. The summed E-state index contributed by atoms with van der Waals surface area (Å²) in [5, 5.41) is 2.92. The first-order chi connectivity index (χ1) is 10.9. The molecular weight excluding hydrogens is 310 g/mol. The monoisotopic (exact) mass is 331 g/mol. The van der Waals surface area contributed by atoms with Gasteiger partial charge in [-0.1, -0.05) is 12.1 Å². The van der Waals surface area contributed by atoms with E-state index in [9.17, 15) is 9.59 Å². The molecule has 1 aromatic carbocycles. The molecule has 0 radical (unpaired) electrons. The minimum atomic E-state index is -0.248. The molecule has 2 N–H and O–H groups in total. The van der Waals surface area contributed by atoms with Gasteiger partial charge in [-0.15, -0.1) is 11.8 Å². The number of carbonyl (C=O) groups is 1. The van der Waals surface area contributed by atoms with Crippen LogP contribution in [0.15, 0.2) is 34.0 Å². The Morgan fingerprint density at radius 2 is 1.96 bits per heavy atom. The molecule has 1 aromatic heterocycles. The Bertz CT molecular complexity index is 753. The van der Waals surface area contributed by atoms with Crippen molar-refractivity contribution in [3.63, 3.8) is 0 Å². The van der Waals surface area contributed by atoms with Crippen molar-refractivity contribution >= 4 is 17.7 Å². The molecule has 0 aliphatic heterocycles. The highest BCUT2D eigenvalue weighted by atomic mass is 32.2. The number of amides is 1. The Labute approximate surface area is 139 Å². The molecule has 0 unspecified atom stereocenters. The number of nitrogens with zero attached hydrogens (tertiary/aromatic N) is 1. The second kappa shape index (κ2) is 7.46. The summed E-state index contributed by atoms with van der Waals surface area (Å²) in [6.07, 6.45) is 2.05. The summed E-state index contributed by atoms with van der Waals surface area (Å²) in [6.45, 7) is 5.39. The van der Waals surface area contributed by atoms with Crippen molar-refractivity contribution in [2.24, 2.45) is 0 Å². The summed E-state index contributed by atoms with van der Waals surface area (Å²) >= 11 is 1.68. The van der Waals surface area contributed by atoms with E-state index < -0.39 is 0 Å². The van der Waals surface area contributed by atoms with Gasteiger partial charge in [0.1, 0.15) is 5.82 Å². The van der Waals surface area contributed by atoms with Crippen molar-refractivity contribution < 1.29 is 4.79 Å². The minimum absolute atomic E-state index is 0.0294. The van der Waals surface area contributed by atoms with Crippen molar-refractivity contribution in [2.45, 2.75) is 38.1 Å². The first kappa shape index (κ1) is 17.3. The number of H-pyrrole nitrogens is 1. The van der Waals surface area contributed by atoms with Crippen LogP contribution in [0.2, 0.25) is 0 Å². The van der Waals surface area contributed by atoms with E-state index in [1.54, 1.807) is 25.6 Å². The van der Waals surface area contributed by atoms with Crippen LogP contribution in [0.3, 0.4) is 0 Å². The van der Waals surface area contributed by atoms with E-state index in [0.29, 0.717) is 17.1 Å². The van der Waals surface area contributed by atoms with Gasteiger partial charge in [-0.05, 0) is 44.7 Å². The number of aryl methyl sites for hydroxylation is 2. The second-order valence-electron chi connectivity index (χ2n) is 5.45. The fraction of sp³-hybridized carbons (Fsp3) is 0.353. The lowest BCUT2D eigenvalue weighted by Crippen LogP contribution is -2.31. The van der Waals surface area contributed by atoms with Gasteiger partial charge < -0.3 is 10.3 Å². The largest absolute Gasteiger partial charge is 0.349 e. The molecule has 0 aliphatic rings. The van der Waals surface area contributed by atoms with E-state index in [1.165, 1.54) is 4.90 Å². The van der Waals surface area contributed by atoms with Crippen LogP contribution in [0.4, 0.5) is 0 Å². The quantitative estimate of drug-likeness (QED) is 0.826. The molecule has 2 aromatic rings. The predicted octanol–water partition coefficient (Wildman–Crippen LogP) is 2.53. The second-order valence-corrected chi connectivity index (χ2v) is 6.33. The highest BCUT2D eigenvalue weighted by Crippen LogP contribution is 2.19.